The molecule has 0 aromatic carbocycles. The molecule has 0 aliphatic rings. The molecule has 0 amide bonds. The van der Waals surface area contributed by atoms with E-state index in [0.717, 1.165) is 25.7 Å². The molecule has 162 valence electrons. The Morgan fingerprint density at radius 2 is 0.926 bits per heavy atom. The van der Waals surface area contributed by atoms with Crippen molar-refractivity contribution in [3.63, 3.8) is 0 Å². The molecule has 2 heteroatoms. The zero-order chi connectivity index (χ0) is 20.2. The van der Waals surface area contributed by atoms with Crippen molar-refractivity contribution in [3.8, 4) is 0 Å². The van der Waals surface area contributed by atoms with Crippen molar-refractivity contribution in [2.45, 2.75) is 143 Å². The summed E-state index contributed by atoms with van der Waals surface area (Å²) in [6, 6.07) is 0. The smallest absolute Gasteiger partial charge is 0.306 e. The van der Waals surface area contributed by atoms with E-state index in [4.69, 9.17) is 0 Å². The highest BCUT2D eigenvalue weighted by atomic mass is 16.4. The molecule has 2 nitrogen and oxygen atoms in total. The second-order valence-electron chi connectivity index (χ2n) is 8.67. The first kappa shape index (κ1) is 26.5. The molecule has 0 fully saturated rings. The SMILES string of the molecule is CCCCCCCCCCCC(CCCCCCCC)C(CCC)C(=O)O. The van der Waals surface area contributed by atoms with E-state index < -0.39 is 5.97 Å². The van der Waals surface area contributed by atoms with Gasteiger partial charge in [0.05, 0.1) is 5.92 Å². The van der Waals surface area contributed by atoms with E-state index >= 15 is 0 Å². The van der Waals surface area contributed by atoms with Crippen molar-refractivity contribution in [1.82, 2.24) is 0 Å². The second kappa shape index (κ2) is 20.2. The molecule has 0 saturated heterocycles. The fourth-order valence-electron chi connectivity index (χ4n) is 4.32. The molecule has 0 aromatic heterocycles. The van der Waals surface area contributed by atoms with Gasteiger partial charge in [-0.15, -0.1) is 0 Å². The van der Waals surface area contributed by atoms with Crippen molar-refractivity contribution < 1.29 is 9.90 Å². The van der Waals surface area contributed by atoms with Crippen molar-refractivity contribution in [1.29, 1.82) is 0 Å². The molecule has 0 bridgehead atoms. The Bertz CT molecular complexity index is 313. The maximum absolute atomic E-state index is 11.8. The van der Waals surface area contributed by atoms with Crippen molar-refractivity contribution in [3.05, 3.63) is 0 Å². The van der Waals surface area contributed by atoms with Gasteiger partial charge in [0.2, 0.25) is 0 Å². The molecule has 0 radical (unpaired) electrons. The van der Waals surface area contributed by atoms with Crippen LogP contribution in [0.25, 0.3) is 0 Å². The van der Waals surface area contributed by atoms with E-state index in [1.165, 1.54) is 96.3 Å². The van der Waals surface area contributed by atoms with Crippen LogP contribution in [0.4, 0.5) is 0 Å². The van der Waals surface area contributed by atoms with Gasteiger partial charge >= 0.3 is 5.97 Å². The summed E-state index contributed by atoms with van der Waals surface area (Å²) in [5.74, 6) is -0.262. The van der Waals surface area contributed by atoms with Crippen molar-refractivity contribution in [2.24, 2.45) is 11.8 Å². The Kier molecular flexibility index (Phi) is 19.8. The molecule has 0 heterocycles. The van der Waals surface area contributed by atoms with Crippen LogP contribution in [0.1, 0.15) is 143 Å². The lowest BCUT2D eigenvalue weighted by Gasteiger charge is -2.24. The van der Waals surface area contributed by atoms with Crippen LogP contribution in [-0.2, 0) is 4.79 Å². The van der Waals surface area contributed by atoms with Gasteiger partial charge in [-0.3, -0.25) is 4.79 Å². The predicted molar refractivity (Wildman–Crippen MR) is 119 cm³/mol. The Morgan fingerprint density at radius 1 is 0.556 bits per heavy atom. The highest BCUT2D eigenvalue weighted by Crippen LogP contribution is 2.29. The van der Waals surface area contributed by atoms with Crippen LogP contribution < -0.4 is 0 Å². The van der Waals surface area contributed by atoms with Crippen molar-refractivity contribution in [2.75, 3.05) is 0 Å². The Morgan fingerprint density at radius 3 is 1.26 bits per heavy atom. The zero-order valence-electron chi connectivity index (χ0n) is 18.9. The van der Waals surface area contributed by atoms with E-state index in [1.54, 1.807) is 0 Å². The molecule has 1 N–H and O–H groups in total. The third-order valence-electron chi connectivity index (χ3n) is 6.09. The van der Waals surface area contributed by atoms with E-state index in [9.17, 15) is 9.90 Å². The van der Waals surface area contributed by atoms with Gasteiger partial charge in [0.15, 0.2) is 0 Å². The number of aliphatic carboxylic acids is 1. The second-order valence-corrected chi connectivity index (χ2v) is 8.67. The molecule has 27 heavy (non-hydrogen) atoms. The molecule has 0 saturated carbocycles. The quantitative estimate of drug-likeness (QED) is 0.201. The fourth-order valence-corrected chi connectivity index (χ4v) is 4.32. The molecule has 0 spiro atoms. The molecule has 0 rings (SSSR count). The third kappa shape index (κ3) is 16.2. The minimum atomic E-state index is -0.552. The van der Waals surface area contributed by atoms with Gasteiger partial charge in [0, 0.05) is 0 Å². The number of hydrogen-bond donors (Lipinski definition) is 1. The first-order valence-corrected chi connectivity index (χ1v) is 12.4. The van der Waals surface area contributed by atoms with Crippen LogP contribution in [0.5, 0.6) is 0 Å². The average molecular weight is 383 g/mol. The van der Waals surface area contributed by atoms with E-state index in [-0.39, 0.29) is 5.92 Å². The number of rotatable bonds is 21. The highest BCUT2D eigenvalue weighted by molar-refractivity contribution is 5.70. The van der Waals surface area contributed by atoms with Crippen LogP contribution in [0, 0.1) is 11.8 Å². The maximum atomic E-state index is 11.8. The minimum absolute atomic E-state index is 0.111. The highest BCUT2D eigenvalue weighted by Gasteiger charge is 2.26. The number of carbonyl (C=O) groups is 1. The predicted octanol–water partition coefficient (Wildman–Crippen LogP) is 8.78. The molecular formula is C25H50O2. The van der Waals surface area contributed by atoms with Gasteiger partial charge in [-0.1, -0.05) is 124 Å². The summed E-state index contributed by atoms with van der Waals surface area (Å²) in [6.45, 7) is 6.64. The normalized spacial score (nSPS) is 13.6. The first-order valence-electron chi connectivity index (χ1n) is 12.4. The molecular weight excluding hydrogens is 332 g/mol. The largest absolute Gasteiger partial charge is 0.481 e. The van der Waals surface area contributed by atoms with Crippen LogP contribution in [0.2, 0.25) is 0 Å². The van der Waals surface area contributed by atoms with Crippen LogP contribution in [0.3, 0.4) is 0 Å². The average Bonchev–Trinajstić information content (AvgIpc) is 2.66. The number of carboxylic acid groups (broad SMARTS) is 1. The van der Waals surface area contributed by atoms with Crippen LogP contribution in [-0.4, -0.2) is 11.1 Å². The minimum Gasteiger partial charge on any atom is -0.481 e. The standard InChI is InChI=1S/C25H50O2/c1-4-7-9-11-13-14-15-17-19-22-23(24(20-6-3)25(26)27)21-18-16-12-10-8-5-2/h23-24H,4-22H2,1-3H3,(H,26,27). The summed E-state index contributed by atoms with van der Waals surface area (Å²) >= 11 is 0. The van der Waals surface area contributed by atoms with E-state index in [0.29, 0.717) is 5.92 Å². The summed E-state index contributed by atoms with van der Waals surface area (Å²) in [4.78, 5) is 11.8. The third-order valence-corrected chi connectivity index (χ3v) is 6.09. The van der Waals surface area contributed by atoms with Gasteiger partial charge in [0.1, 0.15) is 0 Å². The van der Waals surface area contributed by atoms with Gasteiger partial charge < -0.3 is 5.11 Å². The summed E-state index contributed by atoms with van der Waals surface area (Å²) in [7, 11) is 0. The van der Waals surface area contributed by atoms with Crippen LogP contribution >= 0.6 is 0 Å². The molecule has 2 unspecified atom stereocenters. The van der Waals surface area contributed by atoms with Gasteiger partial charge in [-0.05, 0) is 25.2 Å². The lowest BCUT2D eigenvalue weighted by molar-refractivity contribution is -0.144. The van der Waals surface area contributed by atoms with E-state index in [2.05, 4.69) is 20.8 Å². The summed E-state index contributed by atoms with van der Waals surface area (Å²) in [6.07, 6.45) is 24.0. The first-order chi connectivity index (χ1) is 13.2. The monoisotopic (exact) mass is 382 g/mol. The van der Waals surface area contributed by atoms with Crippen LogP contribution in [0.15, 0.2) is 0 Å². The van der Waals surface area contributed by atoms with Gasteiger partial charge in [-0.2, -0.15) is 0 Å². The zero-order valence-corrected chi connectivity index (χ0v) is 18.9. The Labute approximate surface area is 170 Å². The molecule has 0 aliphatic heterocycles. The van der Waals surface area contributed by atoms with Crippen molar-refractivity contribution >= 4 is 5.97 Å². The molecule has 2 atom stereocenters. The molecule has 0 aliphatic carbocycles. The topological polar surface area (TPSA) is 37.3 Å². The van der Waals surface area contributed by atoms with E-state index in [1.807, 2.05) is 0 Å². The lowest BCUT2D eigenvalue weighted by Crippen LogP contribution is -2.24. The summed E-state index contributed by atoms with van der Waals surface area (Å²) < 4.78 is 0. The fraction of sp³-hybridized carbons (Fsp3) is 0.960. The summed E-state index contributed by atoms with van der Waals surface area (Å²) in [5, 5.41) is 9.69. The van der Waals surface area contributed by atoms with Gasteiger partial charge in [0.25, 0.3) is 0 Å². The Balaban J connectivity index is 4.08. The number of carboxylic acids is 1. The Hall–Kier alpha value is -0.530. The maximum Gasteiger partial charge on any atom is 0.306 e. The van der Waals surface area contributed by atoms with Gasteiger partial charge in [-0.25, -0.2) is 0 Å². The lowest BCUT2D eigenvalue weighted by atomic mass is 9.81. The number of hydrogen-bond acceptors (Lipinski definition) is 1. The summed E-state index contributed by atoms with van der Waals surface area (Å²) in [5.41, 5.74) is 0. The number of unbranched alkanes of at least 4 members (excludes halogenated alkanes) is 13. The molecule has 0 aromatic rings.